The van der Waals surface area contributed by atoms with Crippen LogP contribution in [0.25, 0.3) is 11.3 Å². The molecule has 1 N–H and O–H groups in total. The van der Waals surface area contributed by atoms with E-state index in [9.17, 15) is 4.79 Å². The molecule has 0 fully saturated rings. The molecular weight excluding hydrogens is 246 g/mol. The maximum Gasteiger partial charge on any atom is 0.309 e. The number of carboxylic acids is 1. The number of carboxylic acid groups (broad SMARTS) is 1. The normalized spacial score (nSPS) is 17.0. The van der Waals surface area contributed by atoms with Crippen molar-refractivity contribution in [3.63, 3.8) is 0 Å². The summed E-state index contributed by atoms with van der Waals surface area (Å²) in [7, 11) is 0. The summed E-state index contributed by atoms with van der Waals surface area (Å²) in [5.74, 6) is 0.566. The number of fused-ring (bicyclic) bond motifs is 1. The van der Waals surface area contributed by atoms with Crippen LogP contribution in [-0.4, -0.2) is 22.3 Å². The zero-order valence-electron chi connectivity index (χ0n) is 10.4. The predicted octanol–water partition coefficient (Wildman–Crippen LogP) is 2.29. The number of hydrogen-bond acceptors (Lipinski definition) is 4. The summed E-state index contributed by atoms with van der Waals surface area (Å²) in [6.45, 7) is 2.03. The Morgan fingerprint density at radius 2 is 2.32 bits per heavy atom. The highest BCUT2D eigenvalue weighted by molar-refractivity contribution is 5.70. The van der Waals surface area contributed by atoms with Gasteiger partial charge in [0, 0.05) is 18.1 Å². The molecule has 1 atom stereocenters. The third-order valence-corrected chi connectivity index (χ3v) is 3.07. The van der Waals surface area contributed by atoms with Crippen LogP contribution in [0.1, 0.15) is 18.2 Å². The van der Waals surface area contributed by atoms with Crippen LogP contribution in [0.15, 0.2) is 28.8 Å². The fraction of sp³-hybridized carbons (Fsp3) is 0.286. The number of aromatic nitrogens is 1. The third-order valence-electron chi connectivity index (χ3n) is 3.07. The molecule has 1 aromatic carbocycles. The predicted molar refractivity (Wildman–Crippen MR) is 67.1 cm³/mol. The molecule has 2 aromatic rings. The summed E-state index contributed by atoms with van der Waals surface area (Å²) in [5.41, 5.74) is 2.45. The molecule has 5 nitrogen and oxygen atoms in total. The fourth-order valence-corrected chi connectivity index (χ4v) is 2.26. The maximum absolute atomic E-state index is 10.6. The van der Waals surface area contributed by atoms with Gasteiger partial charge in [0.1, 0.15) is 11.9 Å². The highest BCUT2D eigenvalue weighted by Gasteiger charge is 2.20. The van der Waals surface area contributed by atoms with Gasteiger partial charge in [0.05, 0.1) is 12.1 Å². The molecule has 19 heavy (non-hydrogen) atoms. The van der Waals surface area contributed by atoms with Crippen LogP contribution in [0.2, 0.25) is 0 Å². The van der Waals surface area contributed by atoms with Crippen LogP contribution in [0.4, 0.5) is 0 Å². The summed E-state index contributed by atoms with van der Waals surface area (Å²) in [6.07, 6.45) is 0.941. The molecule has 0 saturated heterocycles. The van der Waals surface area contributed by atoms with E-state index in [0.29, 0.717) is 11.5 Å². The summed E-state index contributed by atoms with van der Waals surface area (Å²) in [4.78, 5) is 10.6. The second-order valence-corrected chi connectivity index (χ2v) is 4.71. The first-order valence-corrected chi connectivity index (χ1v) is 6.09. The van der Waals surface area contributed by atoms with Crippen molar-refractivity contribution in [1.29, 1.82) is 0 Å². The van der Waals surface area contributed by atoms with Gasteiger partial charge in [-0.05, 0) is 30.7 Å². The van der Waals surface area contributed by atoms with Gasteiger partial charge in [-0.15, -0.1) is 0 Å². The fourth-order valence-electron chi connectivity index (χ4n) is 2.26. The van der Waals surface area contributed by atoms with E-state index < -0.39 is 5.97 Å². The first kappa shape index (κ1) is 11.8. The minimum absolute atomic E-state index is 0.130. The van der Waals surface area contributed by atoms with Crippen molar-refractivity contribution in [2.24, 2.45) is 0 Å². The summed E-state index contributed by atoms with van der Waals surface area (Å²) < 4.78 is 10.8. The smallest absolute Gasteiger partial charge is 0.309 e. The number of rotatable bonds is 3. The van der Waals surface area contributed by atoms with Crippen LogP contribution < -0.4 is 4.74 Å². The first-order valence-electron chi connectivity index (χ1n) is 6.09. The quantitative estimate of drug-likeness (QED) is 0.915. The Morgan fingerprint density at radius 1 is 1.47 bits per heavy atom. The van der Waals surface area contributed by atoms with Crippen LogP contribution in [0, 0.1) is 0 Å². The second-order valence-electron chi connectivity index (χ2n) is 4.71. The van der Waals surface area contributed by atoms with Gasteiger partial charge in [0.2, 0.25) is 0 Å². The van der Waals surface area contributed by atoms with E-state index >= 15 is 0 Å². The van der Waals surface area contributed by atoms with E-state index in [1.165, 1.54) is 0 Å². The largest absolute Gasteiger partial charge is 0.490 e. The molecule has 1 aromatic heterocycles. The Balaban J connectivity index is 1.88. The van der Waals surface area contributed by atoms with Crippen molar-refractivity contribution in [3.05, 3.63) is 35.5 Å². The molecule has 5 heteroatoms. The van der Waals surface area contributed by atoms with Crippen LogP contribution in [-0.2, 0) is 17.6 Å². The van der Waals surface area contributed by atoms with Crippen molar-refractivity contribution in [2.45, 2.75) is 25.9 Å². The van der Waals surface area contributed by atoms with Crippen molar-refractivity contribution >= 4 is 5.97 Å². The number of aliphatic carboxylic acids is 1. The van der Waals surface area contributed by atoms with Gasteiger partial charge in [0.15, 0.2) is 5.76 Å². The molecule has 0 bridgehead atoms. The van der Waals surface area contributed by atoms with Crippen LogP contribution in [0.5, 0.6) is 5.75 Å². The number of hydrogen-bond donors (Lipinski definition) is 1. The standard InChI is InChI=1S/C14H13NO4/c1-8-4-10-5-9(2-3-12(10)18-8)13-6-11(15-19-13)7-14(16)17/h2-3,5-6,8H,4,7H2,1H3,(H,16,17). The van der Waals surface area contributed by atoms with Crippen molar-refractivity contribution in [2.75, 3.05) is 0 Å². The number of ether oxygens (including phenoxy) is 1. The van der Waals surface area contributed by atoms with Crippen molar-refractivity contribution in [3.8, 4) is 17.1 Å². The van der Waals surface area contributed by atoms with E-state index in [1.54, 1.807) is 6.07 Å². The Labute approximate surface area is 109 Å². The Bertz CT molecular complexity index is 632. The van der Waals surface area contributed by atoms with Gasteiger partial charge in [0.25, 0.3) is 0 Å². The topological polar surface area (TPSA) is 72.6 Å². The van der Waals surface area contributed by atoms with Gasteiger partial charge in [-0.25, -0.2) is 0 Å². The van der Waals surface area contributed by atoms with E-state index in [-0.39, 0.29) is 12.5 Å². The molecule has 1 aliphatic rings. The van der Waals surface area contributed by atoms with Gasteiger partial charge in [-0.1, -0.05) is 5.16 Å². The number of carbonyl (C=O) groups is 1. The van der Waals surface area contributed by atoms with E-state index in [2.05, 4.69) is 5.16 Å². The molecule has 0 spiro atoms. The maximum atomic E-state index is 10.6. The van der Waals surface area contributed by atoms with E-state index in [4.69, 9.17) is 14.4 Å². The Hall–Kier alpha value is -2.30. The lowest BCUT2D eigenvalue weighted by Crippen LogP contribution is -2.05. The molecule has 0 amide bonds. The summed E-state index contributed by atoms with van der Waals surface area (Å²) in [6, 6.07) is 7.47. The average molecular weight is 259 g/mol. The van der Waals surface area contributed by atoms with E-state index in [1.807, 2.05) is 25.1 Å². The molecule has 3 rings (SSSR count). The molecule has 0 aliphatic carbocycles. The Morgan fingerprint density at radius 3 is 3.11 bits per heavy atom. The third kappa shape index (κ3) is 2.31. The zero-order valence-corrected chi connectivity index (χ0v) is 10.4. The highest BCUT2D eigenvalue weighted by Crippen LogP contribution is 2.33. The first-order chi connectivity index (χ1) is 9.11. The second kappa shape index (κ2) is 4.42. The molecular formula is C14H13NO4. The molecule has 0 saturated carbocycles. The van der Waals surface area contributed by atoms with E-state index in [0.717, 1.165) is 23.3 Å². The van der Waals surface area contributed by atoms with Crippen LogP contribution >= 0.6 is 0 Å². The van der Waals surface area contributed by atoms with Gasteiger partial charge in [-0.3, -0.25) is 4.79 Å². The molecule has 2 heterocycles. The number of benzene rings is 1. The average Bonchev–Trinajstić information content (AvgIpc) is 2.92. The minimum Gasteiger partial charge on any atom is -0.490 e. The molecule has 1 unspecified atom stereocenters. The lowest BCUT2D eigenvalue weighted by atomic mass is 10.1. The minimum atomic E-state index is -0.920. The molecule has 98 valence electrons. The lowest BCUT2D eigenvalue weighted by molar-refractivity contribution is -0.136. The van der Waals surface area contributed by atoms with Gasteiger partial charge in [-0.2, -0.15) is 0 Å². The summed E-state index contributed by atoms with van der Waals surface area (Å²) in [5, 5.41) is 12.5. The Kier molecular flexibility index (Phi) is 2.74. The molecule has 0 radical (unpaired) electrons. The molecule has 1 aliphatic heterocycles. The van der Waals surface area contributed by atoms with Crippen molar-refractivity contribution < 1.29 is 19.2 Å². The monoisotopic (exact) mass is 259 g/mol. The van der Waals surface area contributed by atoms with Crippen LogP contribution in [0.3, 0.4) is 0 Å². The van der Waals surface area contributed by atoms with Gasteiger partial charge >= 0.3 is 5.97 Å². The number of nitrogens with zero attached hydrogens (tertiary/aromatic N) is 1. The lowest BCUT2D eigenvalue weighted by Gasteiger charge is -2.02. The van der Waals surface area contributed by atoms with Crippen molar-refractivity contribution in [1.82, 2.24) is 5.16 Å². The summed E-state index contributed by atoms with van der Waals surface area (Å²) >= 11 is 0. The van der Waals surface area contributed by atoms with Gasteiger partial charge < -0.3 is 14.4 Å². The highest BCUT2D eigenvalue weighted by atomic mass is 16.5. The SMILES string of the molecule is CC1Cc2cc(-c3cc(CC(=O)O)no3)ccc2O1. The zero-order chi connectivity index (χ0) is 13.4.